The van der Waals surface area contributed by atoms with Crippen molar-refractivity contribution in [2.45, 2.75) is 19.9 Å². The molecule has 2 rings (SSSR count). The van der Waals surface area contributed by atoms with Crippen LogP contribution in [0, 0.1) is 0 Å². The van der Waals surface area contributed by atoms with E-state index in [2.05, 4.69) is 21.0 Å². The van der Waals surface area contributed by atoms with Gasteiger partial charge in [0.2, 0.25) is 5.78 Å². The molecule has 2 aromatic rings. The number of hydrogen-bond acceptors (Lipinski definition) is 2. The first-order chi connectivity index (χ1) is 8.90. The fourth-order valence-corrected chi connectivity index (χ4v) is 2.84. The largest absolute Gasteiger partial charge is 0.287 e. The highest BCUT2D eigenvalue weighted by atomic mass is 79.9. The van der Waals surface area contributed by atoms with E-state index in [-0.39, 0.29) is 11.8 Å². The van der Waals surface area contributed by atoms with E-state index in [1.807, 2.05) is 13.8 Å². The lowest BCUT2D eigenvalue weighted by Crippen LogP contribution is -2.14. The zero-order valence-electron chi connectivity index (χ0n) is 10.3. The normalized spacial score (nSPS) is 11.1. The van der Waals surface area contributed by atoms with E-state index >= 15 is 0 Å². The molecule has 0 radical (unpaired) electrons. The van der Waals surface area contributed by atoms with Crippen molar-refractivity contribution in [2.75, 3.05) is 0 Å². The molecular formula is C13H11BrCl2N2O. The summed E-state index contributed by atoms with van der Waals surface area (Å²) in [6.45, 7) is 3.88. The van der Waals surface area contributed by atoms with Gasteiger partial charge in [-0.15, -0.1) is 0 Å². The zero-order valence-corrected chi connectivity index (χ0v) is 13.4. The Hall–Kier alpha value is -0.840. The minimum absolute atomic E-state index is 0.0501. The molecule has 0 saturated heterocycles. The van der Waals surface area contributed by atoms with Crippen LogP contribution >= 0.6 is 39.1 Å². The molecule has 0 atom stereocenters. The second-order valence-electron chi connectivity index (χ2n) is 4.37. The van der Waals surface area contributed by atoms with Gasteiger partial charge in [-0.1, -0.05) is 39.1 Å². The van der Waals surface area contributed by atoms with E-state index in [0.717, 1.165) is 4.47 Å². The number of carbonyl (C=O) groups excluding carboxylic acids is 1. The van der Waals surface area contributed by atoms with Gasteiger partial charge in [-0.25, -0.2) is 0 Å². The third-order valence-corrected chi connectivity index (χ3v) is 3.53. The van der Waals surface area contributed by atoms with E-state index in [4.69, 9.17) is 23.2 Å². The van der Waals surface area contributed by atoms with Crippen LogP contribution in [0.15, 0.2) is 28.9 Å². The van der Waals surface area contributed by atoms with Crippen LogP contribution in [0.2, 0.25) is 10.0 Å². The number of nitrogens with zero attached hydrogens (tertiary/aromatic N) is 2. The Bertz CT molecular complexity index is 617. The fourth-order valence-electron chi connectivity index (χ4n) is 1.77. The van der Waals surface area contributed by atoms with Crippen molar-refractivity contribution in [3.63, 3.8) is 0 Å². The number of halogens is 3. The van der Waals surface area contributed by atoms with E-state index in [1.54, 1.807) is 22.9 Å². The highest BCUT2D eigenvalue weighted by molar-refractivity contribution is 9.10. The van der Waals surface area contributed by atoms with Gasteiger partial charge in [0.15, 0.2) is 0 Å². The second-order valence-corrected chi connectivity index (χ2v) is 6.13. The molecule has 1 aromatic carbocycles. The van der Waals surface area contributed by atoms with Gasteiger partial charge >= 0.3 is 0 Å². The highest BCUT2D eigenvalue weighted by Gasteiger charge is 2.21. The Balaban J connectivity index is 2.53. The lowest BCUT2D eigenvalue weighted by atomic mass is 10.1. The maximum atomic E-state index is 12.5. The summed E-state index contributed by atoms with van der Waals surface area (Å²) in [5.74, 6) is -0.195. The number of hydrogen-bond donors (Lipinski definition) is 0. The Morgan fingerprint density at radius 3 is 2.58 bits per heavy atom. The standard InChI is InChI=1S/C13H11BrCl2N2O/c1-7(2)18-12(11(16)6-17-18)13(19)8-3-9(14)5-10(15)4-8/h3-7H,1-2H3. The molecule has 0 spiro atoms. The summed E-state index contributed by atoms with van der Waals surface area (Å²) in [6.07, 6.45) is 1.48. The van der Waals surface area contributed by atoms with Crippen molar-refractivity contribution < 1.29 is 4.79 Å². The van der Waals surface area contributed by atoms with Gasteiger partial charge < -0.3 is 0 Å². The van der Waals surface area contributed by atoms with Crippen LogP contribution < -0.4 is 0 Å². The molecule has 1 aromatic heterocycles. The van der Waals surface area contributed by atoms with Crippen molar-refractivity contribution in [1.29, 1.82) is 0 Å². The van der Waals surface area contributed by atoms with Crippen molar-refractivity contribution in [2.24, 2.45) is 0 Å². The fraction of sp³-hybridized carbons (Fsp3) is 0.231. The molecule has 19 heavy (non-hydrogen) atoms. The molecule has 0 aliphatic carbocycles. The molecule has 0 saturated carbocycles. The molecule has 3 nitrogen and oxygen atoms in total. The quantitative estimate of drug-likeness (QED) is 0.738. The highest BCUT2D eigenvalue weighted by Crippen LogP contribution is 2.25. The van der Waals surface area contributed by atoms with Crippen molar-refractivity contribution in [3.05, 3.63) is 50.2 Å². The van der Waals surface area contributed by atoms with E-state index in [0.29, 0.717) is 21.3 Å². The molecule has 100 valence electrons. The molecular weight excluding hydrogens is 351 g/mol. The molecule has 0 amide bonds. The average Bonchev–Trinajstić information content (AvgIpc) is 2.69. The molecule has 0 bridgehead atoms. The summed E-state index contributed by atoms with van der Waals surface area (Å²) in [4.78, 5) is 12.5. The summed E-state index contributed by atoms with van der Waals surface area (Å²) in [5.41, 5.74) is 0.856. The lowest BCUT2D eigenvalue weighted by Gasteiger charge is -2.11. The third-order valence-electron chi connectivity index (χ3n) is 2.58. The summed E-state index contributed by atoms with van der Waals surface area (Å²) < 4.78 is 2.36. The zero-order chi connectivity index (χ0) is 14.2. The van der Waals surface area contributed by atoms with Gasteiger partial charge in [0, 0.05) is 21.1 Å². The predicted octanol–water partition coefficient (Wildman–Crippen LogP) is 4.76. The van der Waals surface area contributed by atoms with Crippen LogP contribution in [0.4, 0.5) is 0 Å². The summed E-state index contributed by atoms with van der Waals surface area (Å²) in [7, 11) is 0. The molecule has 0 aliphatic heterocycles. The van der Waals surface area contributed by atoms with Gasteiger partial charge in [0.1, 0.15) is 5.69 Å². The summed E-state index contributed by atoms with van der Waals surface area (Å²) in [6, 6.07) is 5.10. The van der Waals surface area contributed by atoms with Gasteiger partial charge in [-0.3, -0.25) is 9.48 Å². The maximum Gasteiger partial charge on any atom is 0.212 e. The Morgan fingerprint density at radius 2 is 2.00 bits per heavy atom. The molecule has 0 N–H and O–H groups in total. The van der Waals surface area contributed by atoms with Crippen LogP contribution in [-0.4, -0.2) is 15.6 Å². The topological polar surface area (TPSA) is 34.9 Å². The first-order valence-corrected chi connectivity index (χ1v) is 7.19. The molecule has 0 unspecified atom stereocenters. The van der Waals surface area contributed by atoms with E-state index < -0.39 is 0 Å². The first kappa shape index (κ1) is 14.6. The monoisotopic (exact) mass is 360 g/mol. The smallest absolute Gasteiger partial charge is 0.212 e. The van der Waals surface area contributed by atoms with Gasteiger partial charge in [-0.05, 0) is 32.0 Å². The molecule has 0 fully saturated rings. The molecule has 1 heterocycles. The Morgan fingerprint density at radius 1 is 1.32 bits per heavy atom. The second kappa shape index (κ2) is 5.65. The lowest BCUT2D eigenvalue weighted by molar-refractivity contribution is 0.102. The van der Waals surface area contributed by atoms with E-state index in [1.165, 1.54) is 6.20 Å². The van der Waals surface area contributed by atoms with Gasteiger partial charge in [-0.2, -0.15) is 5.10 Å². The molecule has 6 heteroatoms. The summed E-state index contributed by atoms with van der Waals surface area (Å²) >= 11 is 15.3. The number of benzene rings is 1. The predicted molar refractivity (Wildman–Crippen MR) is 80.2 cm³/mol. The first-order valence-electron chi connectivity index (χ1n) is 5.64. The van der Waals surface area contributed by atoms with Crippen LogP contribution in [0.25, 0.3) is 0 Å². The maximum absolute atomic E-state index is 12.5. The minimum atomic E-state index is -0.195. The van der Waals surface area contributed by atoms with Crippen molar-refractivity contribution in [1.82, 2.24) is 9.78 Å². The average molecular weight is 362 g/mol. The summed E-state index contributed by atoms with van der Waals surface area (Å²) in [5, 5.41) is 4.96. The van der Waals surface area contributed by atoms with Gasteiger partial charge in [0.05, 0.1) is 11.2 Å². The number of carbonyl (C=O) groups is 1. The third kappa shape index (κ3) is 3.02. The van der Waals surface area contributed by atoms with Crippen LogP contribution in [0.5, 0.6) is 0 Å². The van der Waals surface area contributed by atoms with Crippen LogP contribution in [0.1, 0.15) is 35.9 Å². The Labute approximate surface area is 129 Å². The number of aromatic nitrogens is 2. The van der Waals surface area contributed by atoms with Crippen LogP contribution in [-0.2, 0) is 0 Å². The number of rotatable bonds is 3. The Kier molecular flexibility index (Phi) is 4.33. The van der Waals surface area contributed by atoms with Crippen molar-refractivity contribution in [3.8, 4) is 0 Å². The SMILES string of the molecule is CC(C)n1ncc(Cl)c1C(=O)c1cc(Cl)cc(Br)c1. The van der Waals surface area contributed by atoms with Crippen molar-refractivity contribution >= 4 is 44.9 Å². The molecule has 0 aliphatic rings. The number of ketones is 1. The van der Waals surface area contributed by atoms with Gasteiger partial charge in [0.25, 0.3) is 0 Å². The van der Waals surface area contributed by atoms with Crippen LogP contribution in [0.3, 0.4) is 0 Å². The van der Waals surface area contributed by atoms with E-state index in [9.17, 15) is 4.79 Å². The minimum Gasteiger partial charge on any atom is -0.287 e.